The lowest BCUT2D eigenvalue weighted by Crippen LogP contribution is -2.46. The van der Waals surface area contributed by atoms with Crippen molar-refractivity contribution in [1.82, 2.24) is 4.90 Å². The number of halogens is 1. The zero-order valence-corrected chi connectivity index (χ0v) is 10.0. The van der Waals surface area contributed by atoms with Gasteiger partial charge >= 0.3 is 0 Å². The number of rotatable bonds is 1. The number of likely N-dealkylation sites (tertiary alicyclic amines) is 1. The smallest absolute Gasteiger partial charge is 0.113 e. The predicted octanol–water partition coefficient (Wildman–Crippen LogP) is 3.20. The van der Waals surface area contributed by atoms with Gasteiger partial charge in [0.05, 0.1) is 0 Å². The first-order chi connectivity index (χ1) is 7.07. The largest absolute Gasteiger partial charge is 0.297 e. The van der Waals surface area contributed by atoms with E-state index in [4.69, 9.17) is 0 Å². The second-order valence-corrected chi connectivity index (χ2v) is 5.86. The van der Waals surface area contributed by atoms with Crippen LogP contribution in [0.3, 0.4) is 0 Å². The van der Waals surface area contributed by atoms with E-state index in [1.807, 2.05) is 0 Å². The van der Waals surface area contributed by atoms with Crippen molar-refractivity contribution in [3.8, 4) is 0 Å². The molecule has 2 fully saturated rings. The topological polar surface area (TPSA) is 3.24 Å². The molecule has 87 valence electrons. The Hall–Kier alpha value is -0.110. The van der Waals surface area contributed by atoms with Crippen molar-refractivity contribution < 1.29 is 4.39 Å². The molecule has 2 unspecified atom stereocenters. The standard InChI is InChI=1S/C13H23FN/c1-13(2)7-3-6-12(9-13)15-8-4-5-11(14)10-15/h7,11-12H,3-6,8-10H2,1-2H3. The molecule has 1 aliphatic carbocycles. The Bertz CT molecular complexity index is 215. The number of hydrogen-bond donors (Lipinski definition) is 0. The molecule has 2 heteroatoms. The van der Waals surface area contributed by atoms with E-state index < -0.39 is 6.17 Å². The SMILES string of the molecule is CC1(C)[CH]CCC(N2CCCC(F)C2)C1. The van der Waals surface area contributed by atoms with Gasteiger partial charge in [-0.25, -0.2) is 4.39 Å². The Morgan fingerprint density at radius 2 is 2.13 bits per heavy atom. The average molecular weight is 212 g/mol. The van der Waals surface area contributed by atoms with Crippen molar-refractivity contribution in [1.29, 1.82) is 0 Å². The highest BCUT2D eigenvalue weighted by Crippen LogP contribution is 2.37. The molecule has 0 aromatic heterocycles. The molecule has 1 saturated carbocycles. The van der Waals surface area contributed by atoms with Gasteiger partial charge in [0.2, 0.25) is 0 Å². The summed E-state index contributed by atoms with van der Waals surface area (Å²) in [6.45, 7) is 6.40. The van der Waals surface area contributed by atoms with E-state index >= 15 is 0 Å². The predicted molar refractivity (Wildman–Crippen MR) is 61.4 cm³/mol. The summed E-state index contributed by atoms with van der Waals surface area (Å²) in [5.74, 6) is 0. The van der Waals surface area contributed by atoms with Crippen LogP contribution in [0.1, 0.15) is 46.0 Å². The first-order valence-corrected chi connectivity index (χ1v) is 6.29. The lowest BCUT2D eigenvalue weighted by Gasteiger charge is -2.43. The summed E-state index contributed by atoms with van der Waals surface area (Å²) >= 11 is 0. The highest BCUT2D eigenvalue weighted by atomic mass is 19.1. The molecule has 1 saturated heterocycles. The molecular formula is C13H23FN. The van der Waals surface area contributed by atoms with Crippen LogP contribution >= 0.6 is 0 Å². The Balaban J connectivity index is 1.92. The van der Waals surface area contributed by atoms with E-state index in [-0.39, 0.29) is 0 Å². The molecule has 0 N–H and O–H groups in total. The van der Waals surface area contributed by atoms with Crippen LogP contribution in [-0.4, -0.2) is 30.2 Å². The molecule has 0 spiro atoms. The zero-order chi connectivity index (χ0) is 10.9. The van der Waals surface area contributed by atoms with Crippen molar-refractivity contribution >= 4 is 0 Å². The third kappa shape index (κ3) is 2.93. The van der Waals surface area contributed by atoms with Gasteiger partial charge in [0.1, 0.15) is 6.17 Å². The first-order valence-electron chi connectivity index (χ1n) is 6.29. The van der Waals surface area contributed by atoms with Crippen LogP contribution < -0.4 is 0 Å². The van der Waals surface area contributed by atoms with Gasteiger partial charge in [0.15, 0.2) is 0 Å². The maximum Gasteiger partial charge on any atom is 0.113 e. The minimum Gasteiger partial charge on any atom is -0.297 e. The van der Waals surface area contributed by atoms with Gasteiger partial charge in [-0.2, -0.15) is 0 Å². The van der Waals surface area contributed by atoms with E-state index in [1.165, 1.54) is 19.3 Å². The van der Waals surface area contributed by atoms with Crippen LogP contribution in [0.25, 0.3) is 0 Å². The maximum absolute atomic E-state index is 13.3. The van der Waals surface area contributed by atoms with Crippen LogP contribution in [0.5, 0.6) is 0 Å². The normalized spacial score (nSPS) is 37.8. The zero-order valence-electron chi connectivity index (χ0n) is 10.0. The van der Waals surface area contributed by atoms with Crippen molar-refractivity contribution in [3.05, 3.63) is 6.42 Å². The van der Waals surface area contributed by atoms with Crippen molar-refractivity contribution in [3.63, 3.8) is 0 Å². The first kappa shape index (κ1) is 11.4. The molecule has 1 aliphatic heterocycles. The molecule has 1 radical (unpaired) electrons. The molecule has 2 atom stereocenters. The van der Waals surface area contributed by atoms with Crippen molar-refractivity contribution in [2.24, 2.45) is 5.41 Å². The fourth-order valence-corrected chi connectivity index (χ4v) is 3.06. The Kier molecular flexibility index (Phi) is 3.34. The van der Waals surface area contributed by atoms with Crippen LogP contribution in [0.2, 0.25) is 0 Å². The van der Waals surface area contributed by atoms with Gasteiger partial charge in [-0.1, -0.05) is 13.8 Å². The Labute approximate surface area is 93.0 Å². The van der Waals surface area contributed by atoms with E-state index in [2.05, 4.69) is 25.2 Å². The highest BCUT2D eigenvalue weighted by molar-refractivity contribution is 4.96. The molecule has 0 aromatic rings. The van der Waals surface area contributed by atoms with E-state index in [0.29, 0.717) is 18.0 Å². The molecule has 2 rings (SSSR count). The summed E-state index contributed by atoms with van der Waals surface area (Å²) in [7, 11) is 0. The van der Waals surface area contributed by atoms with E-state index in [1.54, 1.807) is 0 Å². The maximum atomic E-state index is 13.3. The highest BCUT2D eigenvalue weighted by Gasteiger charge is 2.33. The number of hydrogen-bond acceptors (Lipinski definition) is 1. The fourth-order valence-electron chi connectivity index (χ4n) is 3.06. The fraction of sp³-hybridized carbons (Fsp3) is 0.923. The van der Waals surface area contributed by atoms with Crippen LogP contribution in [0.15, 0.2) is 0 Å². The third-order valence-electron chi connectivity index (χ3n) is 3.87. The summed E-state index contributed by atoms with van der Waals surface area (Å²) in [4.78, 5) is 2.39. The van der Waals surface area contributed by atoms with E-state index in [9.17, 15) is 4.39 Å². The van der Waals surface area contributed by atoms with Crippen molar-refractivity contribution in [2.45, 2.75) is 58.2 Å². The molecule has 0 bridgehead atoms. The number of alkyl halides is 1. The summed E-state index contributed by atoms with van der Waals surface area (Å²) in [6, 6.07) is 0.628. The molecule has 2 aliphatic rings. The lowest BCUT2D eigenvalue weighted by atomic mass is 9.74. The molecule has 0 aromatic carbocycles. The van der Waals surface area contributed by atoms with Crippen LogP contribution in [0.4, 0.5) is 4.39 Å². The van der Waals surface area contributed by atoms with Crippen LogP contribution in [-0.2, 0) is 0 Å². The number of nitrogens with zero attached hydrogens (tertiary/aromatic N) is 1. The molecule has 1 nitrogen and oxygen atoms in total. The quantitative estimate of drug-likeness (QED) is 0.645. The van der Waals surface area contributed by atoms with Gasteiger partial charge in [0.25, 0.3) is 0 Å². The van der Waals surface area contributed by atoms with Crippen molar-refractivity contribution in [2.75, 3.05) is 13.1 Å². The average Bonchev–Trinajstić information content (AvgIpc) is 2.16. The minimum atomic E-state index is -0.576. The third-order valence-corrected chi connectivity index (χ3v) is 3.87. The lowest BCUT2D eigenvalue weighted by molar-refractivity contribution is 0.0635. The monoisotopic (exact) mass is 212 g/mol. The molecule has 0 amide bonds. The van der Waals surface area contributed by atoms with Gasteiger partial charge < -0.3 is 0 Å². The Morgan fingerprint density at radius 3 is 2.80 bits per heavy atom. The van der Waals surface area contributed by atoms with Gasteiger partial charge in [0, 0.05) is 12.6 Å². The second kappa shape index (κ2) is 4.40. The molecule has 1 heterocycles. The van der Waals surface area contributed by atoms with Gasteiger partial charge in [-0.05, 0) is 50.5 Å². The summed E-state index contributed by atoms with van der Waals surface area (Å²) in [6.07, 6.45) is 7.31. The number of piperidine rings is 1. The van der Waals surface area contributed by atoms with Crippen LogP contribution in [0, 0.1) is 11.8 Å². The van der Waals surface area contributed by atoms with Gasteiger partial charge in [-0.3, -0.25) is 4.90 Å². The molecule has 15 heavy (non-hydrogen) atoms. The van der Waals surface area contributed by atoms with Gasteiger partial charge in [-0.15, -0.1) is 0 Å². The summed E-state index contributed by atoms with van der Waals surface area (Å²) < 4.78 is 13.3. The molecular weight excluding hydrogens is 189 g/mol. The Morgan fingerprint density at radius 1 is 1.33 bits per heavy atom. The minimum absolute atomic E-state index is 0.353. The summed E-state index contributed by atoms with van der Waals surface area (Å²) in [5.41, 5.74) is 0.353. The summed E-state index contributed by atoms with van der Waals surface area (Å²) in [5, 5.41) is 0. The van der Waals surface area contributed by atoms with E-state index in [0.717, 1.165) is 19.4 Å². The second-order valence-electron chi connectivity index (χ2n) is 5.86.